The second-order valence-electron chi connectivity index (χ2n) is 7.39. The summed E-state index contributed by atoms with van der Waals surface area (Å²) in [6.07, 6.45) is 1.73. The highest BCUT2D eigenvalue weighted by Crippen LogP contribution is 2.36. The number of sulfonamides is 1. The highest BCUT2D eigenvalue weighted by atomic mass is 32.2. The number of aromatic nitrogens is 3. The lowest BCUT2D eigenvalue weighted by Crippen LogP contribution is -2.11. The maximum atomic E-state index is 11.5. The number of hydrogen-bond donors (Lipinski definition) is 3. The molecule has 5 rings (SSSR count). The number of nitrogen functional groups attached to an aromatic ring is 1. The molecule has 0 atom stereocenters. The first-order valence-corrected chi connectivity index (χ1v) is 11.5. The lowest BCUT2D eigenvalue weighted by Gasteiger charge is -2.10. The van der Waals surface area contributed by atoms with Crippen molar-refractivity contribution in [2.75, 3.05) is 5.73 Å². The molecule has 5 N–H and O–H groups in total. The van der Waals surface area contributed by atoms with Crippen molar-refractivity contribution in [2.45, 2.75) is 4.90 Å². The first-order valence-electron chi connectivity index (χ1n) is 9.99. The second kappa shape index (κ2) is 8.05. The van der Waals surface area contributed by atoms with Crippen LogP contribution >= 0.6 is 0 Å². The first-order chi connectivity index (χ1) is 15.9. The third-order valence-electron chi connectivity index (χ3n) is 5.22. The molecular weight excluding hydrogens is 438 g/mol. The predicted octanol–water partition coefficient (Wildman–Crippen LogP) is 4.31. The summed E-state index contributed by atoms with van der Waals surface area (Å²) in [7, 11) is -3.78. The van der Waals surface area contributed by atoms with E-state index in [-0.39, 0.29) is 4.90 Å². The molecule has 33 heavy (non-hydrogen) atoms. The number of rotatable bonds is 5. The van der Waals surface area contributed by atoms with Gasteiger partial charge in [-0.05, 0) is 42.0 Å². The fraction of sp³-hybridized carbons (Fsp3) is 0. The van der Waals surface area contributed by atoms with Gasteiger partial charge in [-0.3, -0.25) is 10.1 Å². The van der Waals surface area contributed by atoms with Crippen LogP contribution < -0.4 is 15.6 Å². The number of pyridine rings is 1. The molecule has 0 spiro atoms. The van der Waals surface area contributed by atoms with Crippen LogP contribution in [-0.4, -0.2) is 23.6 Å². The van der Waals surface area contributed by atoms with E-state index in [1.165, 1.54) is 12.1 Å². The van der Waals surface area contributed by atoms with Gasteiger partial charge in [0.25, 0.3) is 0 Å². The highest BCUT2D eigenvalue weighted by Gasteiger charge is 2.17. The highest BCUT2D eigenvalue weighted by molar-refractivity contribution is 7.89. The maximum Gasteiger partial charge on any atom is 0.238 e. The second-order valence-corrected chi connectivity index (χ2v) is 8.95. The van der Waals surface area contributed by atoms with E-state index in [1.54, 1.807) is 18.3 Å². The first kappa shape index (κ1) is 20.7. The summed E-state index contributed by atoms with van der Waals surface area (Å²) in [5.41, 5.74) is 9.85. The smallest absolute Gasteiger partial charge is 0.238 e. The molecule has 0 amide bonds. The number of benzene rings is 3. The average molecular weight is 458 g/mol. The Hall–Kier alpha value is -4.21. The fourth-order valence-electron chi connectivity index (χ4n) is 3.63. The number of nitrogens with one attached hydrogen (secondary N) is 1. The Bertz CT molecular complexity index is 1550. The van der Waals surface area contributed by atoms with Crippen LogP contribution in [0.4, 0.5) is 5.82 Å². The largest absolute Gasteiger partial charge is 0.457 e. The Balaban J connectivity index is 1.52. The van der Waals surface area contributed by atoms with Gasteiger partial charge >= 0.3 is 0 Å². The van der Waals surface area contributed by atoms with E-state index in [1.807, 2.05) is 54.6 Å². The molecule has 0 aliphatic rings. The molecule has 0 fully saturated rings. The molecule has 3 aromatic carbocycles. The number of primary sulfonamides is 1. The van der Waals surface area contributed by atoms with Crippen molar-refractivity contribution in [3.63, 3.8) is 0 Å². The normalized spacial score (nSPS) is 11.5. The molecule has 8 nitrogen and oxygen atoms in total. The molecule has 0 saturated carbocycles. The van der Waals surface area contributed by atoms with Gasteiger partial charge in [0.1, 0.15) is 11.5 Å². The molecule has 5 aromatic rings. The SMILES string of the molecule is Nc1n[nH]c2c(-c3ccc(S(N)(=O)=O)cc3)ncc(-c3ccc(Oc4ccccc4)cc3)c12. The zero-order valence-corrected chi connectivity index (χ0v) is 18.1. The van der Waals surface area contributed by atoms with E-state index in [9.17, 15) is 8.42 Å². The lowest BCUT2D eigenvalue weighted by atomic mass is 10.0. The Morgan fingerprint density at radius 1 is 0.818 bits per heavy atom. The van der Waals surface area contributed by atoms with Gasteiger partial charge < -0.3 is 10.5 Å². The summed E-state index contributed by atoms with van der Waals surface area (Å²) in [5, 5.41) is 13.0. The van der Waals surface area contributed by atoms with Crippen molar-refractivity contribution in [2.24, 2.45) is 5.14 Å². The summed E-state index contributed by atoms with van der Waals surface area (Å²) in [4.78, 5) is 4.64. The Labute approximate surface area is 189 Å². The van der Waals surface area contributed by atoms with E-state index in [4.69, 9.17) is 15.6 Å². The van der Waals surface area contributed by atoms with Gasteiger partial charge in [-0.15, -0.1) is 0 Å². The van der Waals surface area contributed by atoms with Crippen molar-refractivity contribution >= 4 is 26.7 Å². The molecular formula is C24H19N5O3S. The van der Waals surface area contributed by atoms with Crippen molar-refractivity contribution < 1.29 is 13.2 Å². The number of para-hydroxylation sites is 1. The van der Waals surface area contributed by atoms with Gasteiger partial charge in [0, 0.05) is 17.3 Å². The van der Waals surface area contributed by atoms with Crippen LogP contribution in [0, 0.1) is 0 Å². The third-order valence-corrected chi connectivity index (χ3v) is 6.15. The van der Waals surface area contributed by atoms with Gasteiger partial charge in [-0.1, -0.05) is 42.5 Å². The van der Waals surface area contributed by atoms with Crippen LogP contribution in [0.1, 0.15) is 0 Å². The van der Waals surface area contributed by atoms with Gasteiger partial charge in [-0.25, -0.2) is 13.6 Å². The topological polar surface area (TPSA) is 137 Å². The van der Waals surface area contributed by atoms with E-state index < -0.39 is 10.0 Å². The van der Waals surface area contributed by atoms with Crippen LogP contribution in [0.15, 0.2) is 90.0 Å². The fourth-order valence-corrected chi connectivity index (χ4v) is 4.14. The van der Waals surface area contributed by atoms with Crippen molar-refractivity contribution in [1.82, 2.24) is 15.2 Å². The number of ether oxygens (including phenoxy) is 1. The van der Waals surface area contributed by atoms with Crippen LogP contribution in [0.2, 0.25) is 0 Å². The van der Waals surface area contributed by atoms with Crippen molar-refractivity contribution in [3.05, 3.63) is 85.1 Å². The van der Waals surface area contributed by atoms with E-state index >= 15 is 0 Å². The minimum atomic E-state index is -3.78. The Morgan fingerprint density at radius 2 is 1.45 bits per heavy atom. The van der Waals surface area contributed by atoms with Crippen LogP contribution in [0.25, 0.3) is 33.3 Å². The van der Waals surface area contributed by atoms with Crippen molar-refractivity contribution in [1.29, 1.82) is 0 Å². The molecule has 9 heteroatoms. The molecule has 2 heterocycles. The Kier molecular flexibility index (Phi) is 5.04. The minimum Gasteiger partial charge on any atom is -0.457 e. The quantitative estimate of drug-likeness (QED) is 0.360. The predicted molar refractivity (Wildman–Crippen MR) is 127 cm³/mol. The standard InChI is InChI=1S/C24H19N5O3S/c25-24-21-20(15-6-10-18(11-7-15)32-17-4-2-1-3-5-17)14-27-22(23(21)28-29-24)16-8-12-19(13-9-16)33(26,30)31/h1-14H,(H3,25,28,29)(H2,26,30,31). The molecule has 0 aliphatic carbocycles. The number of fused-ring (bicyclic) bond motifs is 1. The number of H-pyrrole nitrogens is 1. The summed E-state index contributed by atoms with van der Waals surface area (Å²) in [6, 6.07) is 23.3. The van der Waals surface area contributed by atoms with E-state index in [2.05, 4.69) is 15.2 Å². The maximum absolute atomic E-state index is 11.5. The molecule has 164 valence electrons. The van der Waals surface area contributed by atoms with Gasteiger partial charge in [0.05, 0.1) is 21.5 Å². The van der Waals surface area contributed by atoms with Gasteiger partial charge in [0.15, 0.2) is 5.82 Å². The summed E-state index contributed by atoms with van der Waals surface area (Å²) in [6.45, 7) is 0. The third kappa shape index (κ3) is 4.02. The lowest BCUT2D eigenvalue weighted by molar-refractivity contribution is 0.483. The number of nitrogens with zero attached hydrogens (tertiary/aromatic N) is 2. The molecule has 0 bridgehead atoms. The zero-order chi connectivity index (χ0) is 23.0. The van der Waals surface area contributed by atoms with Crippen molar-refractivity contribution in [3.8, 4) is 33.9 Å². The van der Waals surface area contributed by atoms with Crippen LogP contribution in [0.3, 0.4) is 0 Å². The summed E-state index contributed by atoms with van der Waals surface area (Å²) in [5.74, 6) is 1.81. The number of anilines is 1. The summed E-state index contributed by atoms with van der Waals surface area (Å²) >= 11 is 0. The zero-order valence-electron chi connectivity index (χ0n) is 17.3. The van der Waals surface area contributed by atoms with E-state index in [0.29, 0.717) is 28.3 Å². The molecule has 0 radical (unpaired) electrons. The van der Waals surface area contributed by atoms with Crippen LogP contribution in [-0.2, 0) is 10.0 Å². The molecule has 0 aliphatic heterocycles. The van der Waals surface area contributed by atoms with Gasteiger partial charge in [-0.2, -0.15) is 5.10 Å². The molecule has 2 aromatic heterocycles. The number of nitrogens with two attached hydrogens (primary N) is 2. The Morgan fingerprint density at radius 3 is 2.12 bits per heavy atom. The van der Waals surface area contributed by atoms with Gasteiger partial charge in [0.2, 0.25) is 10.0 Å². The average Bonchev–Trinajstić information content (AvgIpc) is 3.21. The molecule has 0 saturated heterocycles. The summed E-state index contributed by atoms with van der Waals surface area (Å²) < 4.78 is 29.0. The monoisotopic (exact) mass is 457 g/mol. The minimum absolute atomic E-state index is 0.0288. The number of hydrogen-bond acceptors (Lipinski definition) is 6. The molecule has 0 unspecified atom stereocenters. The van der Waals surface area contributed by atoms with Crippen LogP contribution in [0.5, 0.6) is 11.5 Å². The van der Waals surface area contributed by atoms with E-state index in [0.717, 1.165) is 22.3 Å². The number of aromatic amines is 1.